The van der Waals surface area contributed by atoms with Crippen LogP contribution in [0.3, 0.4) is 0 Å². The number of piperidine rings is 1. The molecule has 0 aliphatic carbocycles. The molecule has 1 fully saturated rings. The van der Waals surface area contributed by atoms with Crippen molar-refractivity contribution in [3.63, 3.8) is 0 Å². The predicted molar refractivity (Wildman–Crippen MR) is 74.7 cm³/mol. The Morgan fingerprint density at radius 2 is 2.21 bits per heavy atom. The highest BCUT2D eigenvalue weighted by Crippen LogP contribution is 2.15. The largest absolute Gasteiger partial charge is 0.339 e. The van der Waals surface area contributed by atoms with Crippen LogP contribution >= 0.6 is 0 Å². The van der Waals surface area contributed by atoms with Crippen LogP contribution in [-0.4, -0.2) is 58.2 Å². The van der Waals surface area contributed by atoms with Crippen molar-refractivity contribution in [2.24, 2.45) is 0 Å². The monoisotopic (exact) mass is 262 g/mol. The van der Waals surface area contributed by atoms with Gasteiger partial charge >= 0.3 is 0 Å². The van der Waals surface area contributed by atoms with Crippen molar-refractivity contribution >= 4 is 5.91 Å². The molecule has 0 bridgehead atoms. The van der Waals surface area contributed by atoms with Gasteiger partial charge in [-0.2, -0.15) is 5.10 Å². The minimum absolute atomic E-state index is 0.0231. The molecule has 1 aromatic rings. The summed E-state index contributed by atoms with van der Waals surface area (Å²) in [5.74, 6) is 0.0231. The second-order valence-corrected chi connectivity index (χ2v) is 5.00. The van der Waals surface area contributed by atoms with Crippen molar-refractivity contribution < 1.29 is 4.79 Å². The lowest BCUT2D eigenvalue weighted by Crippen LogP contribution is -2.45. The van der Waals surface area contributed by atoms with Crippen molar-refractivity contribution in [1.82, 2.24) is 19.6 Å². The average Bonchev–Trinajstić information content (AvgIpc) is 2.97. The first-order valence-corrected chi connectivity index (χ1v) is 6.79. The molecule has 0 spiro atoms. The SMILES string of the molecule is C=CC(=O)N(C)C1CCN(CCn2cccn2)CC1. The summed E-state index contributed by atoms with van der Waals surface area (Å²) >= 11 is 0. The van der Waals surface area contributed by atoms with E-state index in [-0.39, 0.29) is 5.91 Å². The molecule has 0 radical (unpaired) electrons. The minimum atomic E-state index is 0.0231. The normalized spacial score (nSPS) is 17.3. The number of likely N-dealkylation sites (N-methyl/N-ethyl adjacent to an activating group) is 1. The zero-order valence-electron chi connectivity index (χ0n) is 11.5. The molecule has 1 aromatic heterocycles. The average molecular weight is 262 g/mol. The maximum absolute atomic E-state index is 11.6. The van der Waals surface area contributed by atoms with Gasteiger partial charge in [-0.05, 0) is 25.0 Å². The first kappa shape index (κ1) is 13.8. The number of hydrogen-bond acceptors (Lipinski definition) is 3. The molecular formula is C14H22N4O. The van der Waals surface area contributed by atoms with Gasteiger partial charge in [0.25, 0.3) is 0 Å². The number of rotatable bonds is 5. The zero-order valence-corrected chi connectivity index (χ0v) is 11.5. The van der Waals surface area contributed by atoms with E-state index in [9.17, 15) is 4.79 Å². The number of likely N-dealkylation sites (tertiary alicyclic amines) is 1. The first-order chi connectivity index (χ1) is 9.20. The van der Waals surface area contributed by atoms with Crippen LogP contribution in [0.4, 0.5) is 0 Å². The van der Waals surface area contributed by atoms with Crippen molar-refractivity contribution in [2.45, 2.75) is 25.4 Å². The lowest BCUT2D eigenvalue weighted by Gasteiger charge is -2.36. The molecule has 5 nitrogen and oxygen atoms in total. The van der Waals surface area contributed by atoms with Crippen LogP contribution < -0.4 is 0 Å². The van der Waals surface area contributed by atoms with Crippen LogP contribution in [0, 0.1) is 0 Å². The van der Waals surface area contributed by atoms with Crippen molar-refractivity contribution in [3.8, 4) is 0 Å². The molecule has 104 valence electrons. The summed E-state index contributed by atoms with van der Waals surface area (Å²) in [4.78, 5) is 15.8. The third-order valence-corrected chi connectivity index (χ3v) is 3.83. The maximum atomic E-state index is 11.6. The molecule has 1 amide bonds. The van der Waals surface area contributed by atoms with Gasteiger partial charge in [0.1, 0.15) is 0 Å². The van der Waals surface area contributed by atoms with Crippen LogP contribution in [0.2, 0.25) is 0 Å². The maximum Gasteiger partial charge on any atom is 0.245 e. The summed E-state index contributed by atoms with van der Waals surface area (Å²) in [6.45, 7) is 7.57. The summed E-state index contributed by atoms with van der Waals surface area (Å²) in [6, 6.07) is 2.30. The van der Waals surface area contributed by atoms with Crippen LogP contribution in [0.25, 0.3) is 0 Å². The van der Waals surface area contributed by atoms with Crippen molar-refractivity contribution in [1.29, 1.82) is 0 Å². The Morgan fingerprint density at radius 1 is 1.47 bits per heavy atom. The van der Waals surface area contributed by atoms with E-state index in [0.717, 1.165) is 39.0 Å². The molecule has 0 unspecified atom stereocenters. The fourth-order valence-corrected chi connectivity index (χ4v) is 2.53. The standard InChI is InChI=1S/C14H22N4O/c1-3-14(19)16(2)13-5-9-17(10-6-13)11-12-18-8-4-7-15-18/h3-4,7-8,13H,1,5-6,9-12H2,2H3. The molecule has 19 heavy (non-hydrogen) atoms. The molecule has 1 saturated heterocycles. The Hall–Kier alpha value is -1.62. The van der Waals surface area contributed by atoms with E-state index < -0.39 is 0 Å². The van der Waals surface area contributed by atoms with E-state index in [1.165, 1.54) is 6.08 Å². The van der Waals surface area contributed by atoms with Gasteiger partial charge in [-0.15, -0.1) is 0 Å². The lowest BCUT2D eigenvalue weighted by molar-refractivity contribution is -0.127. The van der Waals surface area contributed by atoms with Gasteiger partial charge in [-0.1, -0.05) is 6.58 Å². The van der Waals surface area contributed by atoms with Crippen LogP contribution in [0.5, 0.6) is 0 Å². The molecule has 0 aromatic carbocycles. The van der Waals surface area contributed by atoms with Gasteiger partial charge in [0, 0.05) is 45.1 Å². The van der Waals surface area contributed by atoms with E-state index in [1.54, 1.807) is 0 Å². The van der Waals surface area contributed by atoms with Gasteiger partial charge < -0.3 is 9.80 Å². The van der Waals surface area contributed by atoms with Crippen molar-refractivity contribution in [3.05, 3.63) is 31.1 Å². The van der Waals surface area contributed by atoms with E-state index >= 15 is 0 Å². The molecule has 0 saturated carbocycles. The molecule has 5 heteroatoms. The third kappa shape index (κ3) is 3.67. The summed E-state index contributed by atoms with van der Waals surface area (Å²) in [5.41, 5.74) is 0. The van der Waals surface area contributed by atoms with Gasteiger partial charge in [-0.3, -0.25) is 9.48 Å². The predicted octanol–water partition coefficient (Wildman–Crippen LogP) is 0.992. The molecule has 1 aliphatic rings. The minimum Gasteiger partial charge on any atom is -0.339 e. The Kier molecular flexibility index (Phi) is 4.74. The quantitative estimate of drug-likeness (QED) is 0.743. The zero-order chi connectivity index (χ0) is 13.7. The van der Waals surface area contributed by atoms with Gasteiger partial charge in [-0.25, -0.2) is 0 Å². The summed E-state index contributed by atoms with van der Waals surface area (Å²) < 4.78 is 1.96. The number of hydrogen-bond donors (Lipinski definition) is 0. The highest BCUT2D eigenvalue weighted by atomic mass is 16.2. The van der Waals surface area contributed by atoms with E-state index in [0.29, 0.717) is 6.04 Å². The molecule has 2 heterocycles. The molecule has 0 N–H and O–H groups in total. The smallest absolute Gasteiger partial charge is 0.245 e. The first-order valence-electron chi connectivity index (χ1n) is 6.79. The van der Waals surface area contributed by atoms with E-state index in [1.807, 2.05) is 35.1 Å². The molecule has 0 atom stereocenters. The topological polar surface area (TPSA) is 41.4 Å². The Balaban J connectivity index is 1.73. The lowest BCUT2D eigenvalue weighted by atomic mass is 10.0. The van der Waals surface area contributed by atoms with Crippen LogP contribution in [0.1, 0.15) is 12.8 Å². The second-order valence-electron chi connectivity index (χ2n) is 5.00. The second kappa shape index (κ2) is 6.52. The molecule has 1 aliphatic heterocycles. The highest BCUT2D eigenvalue weighted by molar-refractivity contribution is 5.87. The molecular weight excluding hydrogens is 240 g/mol. The highest BCUT2D eigenvalue weighted by Gasteiger charge is 2.23. The summed E-state index contributed by atoms with van der Waals surface area (Å²) in [6.07, 6.45) is 7.26. The summed E-state index contributed by atoms with van der Waals surface area (Å²) in [7, 11) is 1.87. The van der Waals surface area contributed by atoms with Gasteiger partial charge in [0.15, 0.2) is 0 Å². The number of aromatic nitrogens is 2. The Bertz CT molecular complexity index is 407. The van der Waals surface area contributed by atoms with Gasteiger partial charge in [0.2, 0.25) is 5.91 Å². The number of amides is 1. The van der Waals surface area contributed by atoms with E-state index in [2.05, 4.69) is 16.6 Å². The fourth-order valence-electron chi connectivity index (χ4n) is 2.53. The number of nitrogens with zero attached hydrogens (tertiary/aromatic N) is 4. The number of carbonyl (C=O) groups excluding carboxylic acids is 1. The van der Waals surface area contributed by atoms with Crippen LogP contribution in [-0.2, 0) is 11.3 Å². The Morgan fingerprint density at radius 3 is 2.79 bits per heavy atom. The molecule has 2 rings (SSSR count). The summed E-state index contributed by atoms with van der Waals surface area (Å²) in [5, 5.41) is 4.20. The Labute approximate surface area is 114 Å². The fraction of sp³-hybridized carbons (Fsp3) is 0.571. The number of carbonyl (C=O) groups is 1. The van der Waals surface area contributed by atoms with Crippen molar-refractivity contribution in [2.75, 3.05) is 26.7 Å². The third-order valence-electron chi connectivity index (χ3n) is 3.83. The van der Waals surface area contributed by atoms with Gasteiger partial charge in [0.05, 0.1) is 6.54 Å². The van der Waals surface area contributed by atoms with Crippen LogP contribution in [0.15, 0.2) is 31.1 Å². The van der Waals surface area contributed by atoms with E-state index in [4.69, 9.17) is 0 Å².